The van der Waals surface area contributed by atoms with Crippen LogP contribution in [0.15, 0.2) is 0 Å². The molecule has 0 saturated heterocycles. The van der Waals surface area contributed by atoms with Crippen LogP contribution in [0.4, 0.5) is 0 Å². The van der Waals surface area contributed by atoms with Crippen LogP contribution < -0.4 is 0 Å². The molecule has 65 valence electrons. The third-order valence-corrected chi connectivity index (χ3v) is 1.12. The summed E-state index contributed by atoms with van der Waals surface area (Å²) in [6, 6.07) is 0. The molecule has 11 heavy (non-hydrogen) atoms. The number of methoxy groups -OCH3 is 1. The van der Waals surface area contributed by atoms with Crippen molar-refractivity contribution in [1.82, 2.24) is 0 Å². The van der Waals surface area contributed by atoms with Crippen LogP contribution in [0.1, 0.15) is 12.8 Å². The third-order valence-electron chi connectivity index (χ3n) is 1.12. The SMILES string of the molecule is COC(=O)CCC(O)CO.[V]. The zero-order valence-corrected chi connectivity index (χ0v) is 7.75. The molecule has 0 aliphatic carbocycles. The van der Waals surface area contributed by atoms with Gasteiger partial charge in [0.15, 0.2) is 0 Å². The van der Waals surface area contributed by atoms with Crippen molar-refractivity contribution in [3.05, 3.63) is 0 Å². The second kappa shape index (κ2) is 8.07. The van der Waals surface area contributed by atoms with Crippen LogP contribution in [0.25, 0.3) is 0 Å². The van der Waals surface area contributed by atoms with Gasteiger partial charge < -0.3 is 14.9 Å². The molecule has 0 aromatic carbocycles. The summed E-state index contributed by atoms with van der Waals surface area (Å²) in [7, 11) is 1.29. The molecule has 1 radical (unpaired) electrons. The van der Waals surface area contributed by atoms with E-state index in [2.05, 4.69) is 4.74 Å². The minimum absolute atomic E-state index is 0. The minimum Gasteiger partial charge on any atom is -0.469 e. The molecule has 4 nitrogen and oxygen atoms in total. The molecule has 5 heteroatoms. The molecule has 0 spiro atoms. The number of carbonyl (C=O) groups is 1. The Hall–Kier alpha value is -0.0256. The summed E-state index contributed by atoms with van der Waals surface area (Å²) >= 11 is 0. The molecule has 0 bridgehead atoms. The average Bonchev–Trinajstić information content (AvgIpc) is 1.99. The van der Waals surface area contributed by atoms with E-state index in [0.29, 0.717) is 0 Å². The van der Waals surface area contributed by atoms with E-state index in [1.165, 1.54) is 7.11 Å². The Morgan fingerprint density at radius 1 is 1.64 bits per heavy atom. The second-order valence-corrected chi connectivity index (χ2v) is 1.95. The van der Waals surface area contributed by atoms with Crippen LogP contribution in [0.2, 0.25) is 0 Å². The number of aliphatic hydroxyl groups excluding tert-OH is 2. The summed E-state index contributed by atoms with van der Waals surface area (Å²) in [6.07, 6.45) is -0.402. The van der Waals surface area contributed by atoms with E-state index < -0.39 is 6.10 Å². The van der Waals surface area contributed by atoms with E-state index in [0.717, 1.165) is 0 Å². The van der Waals surface area contributed by atoms with Crippen LogP contribution in [0.5, 0.6) is 0 Å². The summed E-state index contributed by atoms with van der Waals surface area (Å²) in [4.78, 5) is 10.4. The van der Waals surface area contributed by atoms with E-state index in [1.807, 2.05) is 0 Å². The first-order valence-electron chi connectivity index (χ1n) is 3.06. The first kappa shape index (κ1) is 13.6. The van der Waals surface area contributed by atoms with Gasteiger partial charge in [-0.2, -0.15) is 0 Å². The van der Waals surface area contributed by atoms with E-state index >= 15 is 0 Å². The summed E-state index contributed by atoms with van der Waals surface area (Å²) < 4.78 is 4.31. The maximum atomic E-state index is 10.4. The molecule has 2 N–H and O–H groups in total. The van der Waals surface area contributed by atoms with Gasteiger partial charge in [-0.05, 0) is 6.42 Å². The fraction of sp³-hybridized carbons (Fsp3) is 0.833. The number of hydrogen-bond donors (Lipinski definition) is 2. The molecule has 0 rings (SSSR count). The molecule has 0 aromatic heterocycles. The Bertz CT molecular complexity index is 107. The number of esters is 1. The molecule has 1 unspecified atom stereocenters. The van der Waals surface area contributed by atoms with Gasteiger partial charge in [0.25, 0.3) is 0 Å². The normalized spacial score (nSPS) is 11.5. The van der Waals surface area contributed by atoms with Crippen LogP contribution in [-0.2, 0) is 28.1 Å². The standard InChI is InChI=1S/C6H12O4.V/c1-10-6(9)3-2-5(8)4-7;/h5,7-8H,2-4H2,1H3;. The zero-order chi connectivity index (χ0) is 7.98. The fourth-order valence-electron chi connectivity index (χ4n) is 0.478. The number of hydrogen-bond acceptors (Lipinski definition) is 4. The van der Waals surface area contributed by atoms with Crippen molar-refractivity contribution in [2.45, 2.75) is 18.9 Å². The van der Waals surface area contributed by atoms with Gasteiger partial charge in [-0.15, -0.1) is 0 Å². The summed E-state index contributed by atoms with van der Waals surface area (Å²) in [5.41, 5.74) is 0. The van der Waals surface area contributed by atoms with Crippen molar-refractivity contribution in [3.8, 4) is 0 Å². The fourth-order valence-corrected chi connectivity index (χ4v) is 0.478. The van der Waals surface area contributed by atoms with Crippen molar-refractivity contribution >= 4 is 5.97 Å². The maximum absolute atomic E-state index is 10.4. The van der Waals surface area contributed by atoms with Gasteiger partial charge in [0, 0.05) is 25.0 Å². The van der Waals surface area contributed by atoms with Gasteiger partial charge in [-0.3, -0.25) is 4.79 Å². The smallest absolute Gasteiger partial charge is 0.305 e. The summed E-state index contributed by atoms with van der Waals surface area (Å²) in [5, 5.41) is 17.1. The molecule has 0 amide bonds. The van der Waals surface area contributed by atoms with Crippen molar-refractivity contribution in [1.29, 1.82) is 0 Å². The van der Waals surface area contributed by atoms with E-state index in [1.54, 1.807) is 0 Å². The average molecular weight is 199 g/mol. The Morgan fingerprint density at radius 3 is 2.55 bits per heavy atom. The second-order valence-electron chi connectivity index (χ2n) is 1.95. The largest absolute Gasteiger partial charge is 0.469 e. The van der Waals surface area contributed by atoms with Gasteiger partial charge in [0.05, 0.1) is 19.8 Å². The molecular formula is C6H12O4V. The summed E-state index contributed by atoms with van der Waals surface area (Å²) in [5.74, 6) is -0.368. The quantitative estimate of drug-likeness (QED) is 0.587. The van der Waals surface area contributed by atoms with Crippen molar-refractivity contribution in [3.63, 3.8) is 0 Å². The predicted octanol–water partition coefficient (Wildman–Crippen LogP) is -0.710. The number of rotatable bonds is 4. The van der Waals surface area contributed by atoms with E-state index in [-0.39, 0.29) is 44.0 Å². The van der Waals surface area contributed by atoms with Crippen LogP contribution >= 0.6 is 0 Å². The Labute approximate surface area is 77.4 Å². The molecule has 0 saturated carbocycles. The first-order chi connectivity index (χ1) is 4.70. The Morgan fingerprint density at radius 2 is 2.18 bits per heavy atom. The van der Waals surface area contributed by atoms with Gasteiger partial charge in [0.1, 0.15) is 0 Å². The molecule has 0 fully saturated rings. The predicted molar refractivity (Wildman–Crippen MR) is 34.3 cm³/mol. The third kappa shape index (κ3) is 7.88. The monoisotopic (exact) mass is 199 g/mol. The number of ether oxygens (including phenoxy) is 1. The number of carbonyl (C=O) groups excluding carboxylic acids is 1. The Balaban J connectivity index is 0. The van der Waals surface area contributed by atoms with Crippen molar-refractivity contribution in [2.75, 3.05) is 13.7 Å². The van der Waals surface area contributed by atoms with E-state index in [4.69, 9.17) is 10.2 Å². The van der Waals surface area contributed by atoms with Gasteiger partial charge in [-0.25, -0.2) is 0 Å². The molecule has 0 heterocycles. The molecule has 0 aliphatic rings. The van der Waals surface area contributed by atoms with Crippen LogP contribution in [0, 0.1) is 0 Å². The van der Waals surface area contributed by atoms with Crippen LogP contribution in [-0.4, -0.2) is 36.0 Å². The molecule has 1 atom stereocenters. The molecule has 0 aromatic rings. The van der Waals surface area contributed by atoms with Crippen molar-refractivity contribution in [2.24, 2.45) is 0 Å². The maximum Gasteiger partial charge on any atom is 0.305 e. The first-order valence-corrected chi connectivity index (χ1v) is 3.06. The van der Waals surface area contributed by atoms with Gasteiger partial charge in [-0.1, -0.05) is 0 Å². The molecule has 0 aliphatic heterocycles. The van der Waals surface area contributed by atoms with Gasteiger partial charge in [0.2, 0.25) is 0 Å². The topological polar surface area (TPSA) is 66.8 Å². The summed E-state index contributed by atoms with van der Waals surface area (Å²) in [6.45, 7) is -0.309. The Kier molecular flexibility index (Phi) is 9.95. The molecular weight excluding hydrogens is 187 g/mol. The van der Waals surface area contributed by atoms with Gasteiger partial charge >= 0.3 is 5.97 Å². The number of aliphatic hydroxyl groups is 2. The zero-order valence-electron chi connectivity index (χ0n) is 6.36. The minimum atomic E-state index is -0.806. The van der Waals surface area contributed by atoms with Crippen molar-refractivity contribution < 1.29 is 38.3 Å². The van der Waals surface area contributed by atoms with E-state index in [9.17, 15) is 4.79 Å². The van der Waals surface area contributed by atoms with Crippen LogP contribution in [0.3, 0.4) is 0 Å².